The molecular weight excluding hydrogens is 310 g/mol. The highest BCUT2D eigenvalue weighted by Crippen LogP contribution is 2.28. The minimum atomic E-state index is -0.468. The molecule has 0 fully saturated rings. The monoisotopic (exact) mass is 325 g/mol. The van der Waals surface area contributed by atoms with Crippen LogP contribution >= 0.6 is 11.3 Å². The normalized spacial score (nSPS) is 12.1. The molecule has 0 spiro atoms. The number of aromatic nitrogens is 2. The molecule has 6 heteroatoms. The van der Waals surface area contributed by atoms with E-state index in [1.54, 1.807) is 31.2 Å². The van der Waals surface area contributed by atoms with Crippen LogP contribution in [0.4, 0.5) is 0 Å². The van der Waals surface area contributed by atoms with Gasteiger partial charge in [-0.2, -0.15) is 5.26 Å². The molecule has 0 amide bonds. The Balaban J connectivity index is 2.00. The summed E-state index contributed by atoms with van der Waals surface area (Å²) < 4.78 is 5.81. The number of nitrogens with one attached hydrogen (secondary N) is 1. The number of aromatic amines is 1. The van der Waals surface area contributed by atoms with Gasteiger partial charge in [0.15, 0.2) is 11.9 Å². The van der Waals surface area contributed by atoms with Crippen LogP contribution in [0.3, 0.4) is 0 Å². The highest BCUT2D eigenvalue weighted by molar-refractivity contribution is 7.18. The van der Waals surface area contributed by atoms with Gasteiger partial charge in [0.25, 0.3) is 5.56 Å². The lowest BCUT2D eigenvalue weighted by Gasteiger charge is -2.14. The maximum atomic E-state index is 12.3. The van der Waals surface area contributed by atoms with Gasteiger partial charge in [0.1, 0.15) is 16.6 Å². The van der Waals surface area contributed by atoms with E-state index >= 15 is 0 Å². The summed E-state index contributed by atoms with van der Waals surface area (Å²) in [5.41, 5.74) is 1.26. The van der Waals surface area contributed by atoms with Crippen LogP contribution in [-0.4, -0.2) is 9.97 Å². The summed E-state index contributed by atoms with van der Waals surface area (Å²) in [7, 11) is 0. The Labute approximate surface area is 137 Å². The fourth-order valence-corrected chi connectivity index (χ4v) is 3.41. The zero-order valence-corrected chi connectivity index (χ0v) is 13.8. The van der Waals surface area contributed by atoms with Crippen LogP contribution in [0.5, 0.6) is 5.75 Å². The molecule has 1 aromatic carbocycles. The molecule has 0 aliphatic rings. The standard InChI is InChI=1S/C17H15N3O2S/c1-9-11(3)23-17-14(9)16(21)19-15(20-17)10(2)22-13-7-5-4-6-12(13)8-18/h4-7,10H,1-3H3,(H,19,20,21)/t10-/m1/s1. The highest BCUT2D eigenvalue weighted by Gasteiger charge is 2.17. The van der Waals surface area contributed by atoms with E-state index in [2.05, 4.69) is 16.0 Å². The van der Waals surface area contributed by atoms with Gasteiger partial charge in [-0.25, -0.2) is 4.98 Å². The van der Waals surface area contributed by atoms with E-state index in [0.29, 0.717) is 27.4 Å². The predicted octanol–water partition coefficient (Wildman–Crippen LogP) is 3.61. The van der Waals surface area contributed by atoms with Crippen molar-refractivity contribution >= 4 is 21.6 Å². The van der Waals surface area contributed by atoms with Crippen molar-refractivity contribution in [2.45, 2.75) is 26.9 Å². The number of rotatable bonds is 3. The minimum Gasteiger partial charge on any atom is -0.481 e. The van der Waals surface area contributed by atoms with Crippen molar-refractivity contribution in [2.75, 3.05) is 0 Å². The molecule has 3 rings (SSSR count). The summed E-state index contributed by atoms with van der Waals surface area (Å²) in [6, 6.07) is 9.08. The van der Waals surface area contributed by atoms with Crippen LogP contribution in [-0.2, 0) is 0 Å². The fourth-order valence-electron chi connectivity index (χ4n) is 2.37. The first-order valence-electron chi connectivity index (χ1n) is 7.17. The Kier molecular flexibility index (Phi) is 3.89. The summed E-state index contributed by atoms with van der Waals surface area (Å²) in [6.45, 7) is 5.70. The molecule has 3 aromatic rings. The number of hydrogen-bond acceptors (Lipinski definition) is 5. The number of nitriles is 1. The average molecular weight is 325 g/mol. The minimum absolute atomic E-state index is 0.157. The molecule has 116 valence electrons. The van der Waals surface area contributed by atoms with Crippen LogP contribution < -0.4 is 10.3 Å². The molecule has 0 aliphatic heterocycles. The number of fused-ring (bicyclic) bond motifs is 1. The number of benzene rings is 1. The largest absolute Gasteiger partial charge is 0.481 e. The van der Waals surface area contributed by atoms with E-state index in [9.17, 15) is 4.79 Å². The van der Waals surface area contributed by atoms with E-state index in [0.717, 1.165) is 10.4 Å². The van der Waals surface area contributed by atoms with Crippen LogP contribution in [0.15, 0.2) is 29.1 Å². The van der Waals surface area contributed by atoms with Crippen molar-refractivity contribution in [3.8, 4) is 11.8 Å². The van der Waals surface area contributed by atoms with E-state index in [4.69, 9.17) is 10.00 Å². The van der Waals surface area contributed by atoms with Crippen LogP contribution in [0.2, 0.25) is 0 Å². The van der Waals surface area contributed by atoms with Crippen molar-refractivity contribution in [1.82, 2.24) is 9.97 Å². The summed E-state index contributed by atoms with van der Waals surface area (Å²) in [4.78, 5) is 21.4. The van der Waals surface area contributed by atoms with Crippen molar-refractivity contribution < 1.29 is 4.74 Å². The molecule has 0 saturated carbocycles. The number of hydrogen-bond donors (Lipinski definition) is 1. The van der Waals surface area contributed by atoms with Gasteiger partial charge in [-0.05, 0) is 38.5 Å². The first-order chi connectivity index (χ1) is 11.0. The molecule has 0 radical (unpaired) electrons. The molecule has 23 heavy (non-hydrogen) atoms. The van der Waals surface area contributed by atoms with Gasteiger partial charge < -0.3 is 9.72 Å². The first kappa shape index (κ1) is 15.3. The molecule has 0 bridgehead atoms. The maximum absolute atomic E-state index is 12.3. The Hall–Kier alpha value is -2.65. The molecular formula is C17H15N3O2S. The zero-order valence-electron chi connectivity index (χ0n) is 13.0. The molecule has 1 N–H and O–H groups in total. The number of H-pyrrole nitrogens is 1. The van der Waals surface area contributed by atoms with Crippen molar-refractivity contribution in [2.24, 2.45) is 0 Å². The molecule has 2 aromatic heterocycles. The van der Waals surface area contributed by atoms with E-state index < -0.39 is 6.10 Å². The quantitative estimate of drug-likeness (QED) is 0.798. The number of ether oxygens (including phenoxy) is 1. The average Bonchev–Trinajstić information content (AvgIpc) is 2.82. The second-order valence-electron chi connectivity index (χ2n) is 5.28. The lowest BCUT2D eigenvalue weighted by Crippen LogP contribution is -2.16. The summed E-state index contributed by atoms with van der Waals surface area (Å²) in [6.07, 6.45) is -0.468. The molecule has 0 aliphatic carbocycles. The summed E-state index contributed by atoms with van der Waals surface area (Å²) in [5.74, 6) is 0.931. The lowest BCUT2D eigenvalue weighted by molar-refractivity contribution is 0.216. The summed E-state index contributed by atoms with van der Waals surface area (Å²) in [5, 5.41) is 9.76. The third kappa shape index (κ3) is 2.71. The number of aryl methyl sites for hydroxylation is 2. The lowest BCUT2D eigenvalue weighted by atomic mass is 10.2. The van der Waals surface area contributed by atoms with Crippen LogP contribution in [0.25, 0.3) is 10.2 Å². The van der Waals surface area contributed by atoms with Crippen LogP contribution in [0.1, 0.15) is 34.9 Å². The van der Waals surface area contributed by atoms with Crippen LogP contribution in [0, 0.1) is 25.2 Å². The number of para-hydroxylation sites is 1. The van der Waals surface area contributed by atoms with Gasteiger partial charge >= 0.3 is 0 Å². The zero-order chi connectivity index (χ0) is 16.6. The van der Waals surface area contributed by atoms with Gasteiger partial charge in [0, 0.05) is 4.88 Å². The van der Waals surface area contributed by atoms with E-state index in [-0.39, 0.29) is 5.56 Å². The molecule has 0 saturated heterocycles. The molecule has 2 heterocycles. The van der Waals surface area contributed by atoms with E-state index in [1.807, 2.05) is 13.8 Å². The van der Waals surface area contributed by atoms with Crippen molar-refractivity contribution in [3.05, 3.63) is 56.4 Å². The second-order valence-corrected chi connectivity index (χ2v) is 6.49. The molecule has 5 nitrogen and oxygen atoms in total. The van der Waals surface area contributed by atoms with E-state index in [1.165, 1.54) is 11.3 Å². The number of nitrogens with zero attached hydrogens (tertiary/aromatic N) is 2. The number of thiophene rings is 1. The van der Waals surface area contributed by atoms with Gasteiger partial charge in [-0.15, -0.1) is 11.3 Å². The summed E-state index contributed by atoms with van der Waals surface area (Å²) >= 11 is 1.50. The van der Waals surface area contributed by atoms with Crippen molar-refractivity contribution in [1.29, 1.82) is 5.26 Å². The predicted molar refractivity (Wildman–Crippen MR) is 89.9 cm³/mol. The Bertz CT molecular complexity index is 982. The first-order valence-corrected chi connectivity index (χ1v) is 7.98. The second kappa shape index (κ2) is 5.86. The topological polar surface area (TPSA) is 78.8 Å². The van der Waals surface area contributed by atoms with Gasteiger partial charge in [-0.1, -0.05) is 12.1 Å². The third-order valence-corrected chi connectivity index (χ3v) is 4.85. The Morgan fingerprint density at radius 2 is 2.09 bits per heavy atom. The van der Waals surface area contributed by atoms with Gasteiger partial charge in [-0.3, -0.25) is 4.79 Å². The van der Waals surface area contributed by atoms with Gasteiger partial charge in [0.05, 0.1) is 10.9 Å². The Morgan fingerprint density at radius 3 is 2.83 bits per heavy atom. The molecule has 1 atom stereocenters. The van der Waals surface area contributed by atoms with Gasteiger partial charge in [0.2, 0.25) is 0 Å². The van der Waals surface area contributed by atoms with Crippen molar-refractivity contribution in [3.63, 3.8) is 0 Å². The molecule has 0 unspecified atom stereocenters. The Morgan fingerprint density at radius 1 is 1.35 bits per heavy atom. The smallest absolute Gasteiger partial charge is 0.260 e. The highest BCUT2D eigenvalue weighted by atomic mass is 32.1. The SMILES string of the molecule is Cc1sc2nc([C@@H](C)Oc3ccccc3C#N)[nH]c(=O)c2c1C. The third-order valence-electron chi connectivity index (χ3n) is 3.75. The fraction of sp³-hybridized carbons (Fsp3) is 0.235. The maximum Gasteiger partial charge on any atom is 0.260 e.